The molecule has 3 aromatic rings. The first kappa shape index (κ1) is 20.6. The van der Waals surface area contributed by atoms with Crippen molar-refractivity contribution in [2.45, 2.75) is 25.3 Å². The highest BCUT2D eigenvalue weighted by molar-refractivity contribution is 7.92. The van der Waals surface area contributed by atoms with Crippen molar-refractivity contribution < 1.29 is 13.2 Å². The van der Waals surface area contributed by atoms with Crippen molar-refractivity contribution in [2.24, 2.45) is 0 Å². The largest absolute Gasteiger partial charge is 0.337 e. The van der Waals surface area contributed by atoms with Crippen LogP contribution in [0, 0.1) is 13.8 Å². The molecule has 0 aliphatic heterocycles. The number of anilines is 1. The lowest BCUT2D eigenvalue weighted by atomic mass is 10.1. The zero-order chi connectivity index (χ0) is 21.0. The highest BCUT2D eigenvalue weighted by atomic mass is 32.2. The number of nitrogens with one attached hydrogen (secondary N) is 1. The van der Waals surface area contributed by atoms with Crippen molar-refractivity contribution in [1.82, 2.24) is 4.90 Å². The van der Waals surface area contributed by atoms with E-state index in [1.807, 2.05) is 49.4 Å². The van der Waals surface area contributed by atoms with Gasteiger partial charge in [0.15, 0.2) is 0 Å². The third-order valence-electron chi connectivity index (χ3n) is 4.64. The van der Waals surface area contributed by atoms with Crippen LogP contribution in [0.4, 0.5) is 5.69 Å². The van der Waals surface area contributed by atoms with Crippen LogP contribution in [0.1, 0.15) is 27.0 Å². The highest BCUT2D eigenvalue weighted by Crippen LogP contribution is 2.22. The molecule has 29 heavy (non-hydrogen) atoms. The standard InChI is InChI=1S/C23H24N2O3S/c1-17-9-13-21(14-10-17)24-29(27,28)22-15-20(12-11-18(22)2)23(26)25(3)16-19-7-5-4-6-8-19/h4-15,24H,16H2,1-3H3. The van der Waals surface area contributed by atoms with Gasteiger partial charge in [0.2, 0.25) is 0 Å². The van der Waals surface area contributed by atoms with Crippen LogP contribution < -0.4 is 4.72 Å². The van der Waals surface area contributed by atoms with Gasteiger partial charge in [-0.25, -0.2) is 8.42 Å². The van der Waals surface area contributed by atoms with Gasteiger partial charge in [0.1, 0.15) is 0 Å². The second kappa shape index (κ2) is 8.49. The maximum absolute atomic E-state index is 12.9. The Morgan fingerprint density at radius 2 is 1.59 bits per heavy atom. The lowest BCUT2D eigenvalue weighted by Crippen LogP contribution is -2.26. The van der Waals surface area contributed by atoms with Crippen molar-refractivity contribution >= 4 is 21.6 Å². The quantitative estimate of drug-likeness (QED) is 0.658. The van der Waals surface area contributed by atoms with Gasteiger partial charge in [0, 0.05) is 24.8 Å². The second-order valence-electron chi connectivity index (χ2n) is 7.10. The summed E-state index contributed by atoms with van der Waals surface area (Å²) in [5.74, 6) is -0.236. The Kier molecular flexibility index (Phi) is 6.03. The Labute approximate surface area is 172 Å². The minimum absolute atomic E-state index is 0.0945. The molecule has 150 valence electrons. The van der Waals surface area contributed by atoms with Gasteiger partial charge in [0.05, 0.1) is 4.90 Å². The van der Waals surface area contributed by atoms with Gasteiger partial charge in [-0.1, -0.05) is 54.1 Å². The van der Waals surface area contributed by atoms with Crippen molar-refractivity contribution in [3.05, 3.63) is 95.1 Å². The molecule has 0 spiro atoms. The summed E-state index contributed by atoms with van der Waals surface area (Å²) < 4.78 is 28.4. The molecule has 1 amide bonds. The first-order valence-electron chi connectivity index (χ1n) is 9.26. The van der Waals surface area contributed by atoms with E-state index in [4.69, 9.17) is 0 Å². The minimum atomic E-state index is -3.82. The number of nitrogens with zero attached hydrogens (tertiary/aromatic N) is 1. The fraction of sp³-hybridized carbons (Fsp3) is 0.174. The van der Waals surface area contributed by atoms with E-state index in [1.54, 1.807) is 43.1 Å². The summed E-state index contributed by atoms with van der Waals surface area (Å²) in [6.45, 7) is 4.09. The van der Waals surface area contributed by atoms with E-state index in [2.05, 4.69) is 4.72 Å². The first-order valence-corrected chi connectivity index (χ1v) is 10.7. The van der Waals surface area contributed by atoms with E-state index in [9.17, 15) is 13.2 Å². The summed E-state index contributed by atoms with van der Waals surface area (Å²) in [6.07, 6.45) is 0. The van der Waals surface area contributed by atoms with Gasteiger partial charge in [0.25, 0.3) is 15.9 Å². The fourth-order valence-electron chi connectivity index (χ4n) is 3.00. The van der Waals surface area contributed by atoms with Crippen molar-refractivity contribution in [3.8, 4) is 0 Å². The third kappa shape index (κ3) is 5.03. The molecular weight excluding hydrogens is 384 g/mol. The Bertz CT molecular complexity index is 1110. The molecule has 0 radical (unpaired) electrons. The number of carbonyl (C=O) groups is 1. The number of hydrogen-bond acceptors (Lipinski definition) is 3. The van der Waals surface area contributed by atoms with Crippen LogP contribution >= 0.6 is 0 Å². The Hall–Kier alpha value is -3.12. The van der Waals surface area contributed by atoms with E-state index >= 15 is 0 Å². The minimum Gasteiger partial charge on any atom is -0.337 e. The van der Waals surface area contributed by atoms with Gasteiger partial charge in [-0.05, 0) is 49.2 Å². The van der Waals surface area contributed by atoms with Crippen LogP contribution in [0.15, 0.2) is 77.7 Å². The van der Waals surface area contributed by atoms with Crippen LogP contribution in [-0.2, 0) is 16.6 Å². The van der Waals surface area contributed by atoms with E-state index in [-0.39, 0.29) is 10.8 Å². The molecule has 0 fully saturated rings. The van der Waals surface area contributed by atoms with Crippen LogP contribution in [0.5, 0.6) is 0 Å². The van der Waals surface area contributed by atoms with Crippen molar-refractivity contribution in [1.29, 1.82) is 0 Å². The molecule has 3 rings (SSSR count). The van der Waals surface area contributed by atoms with Gasteiger partial charge in [-0.3, -0.25) is 9.52 Å². The molecule has 0 aliphatic rings. The maximum atomic E-state index is 12.9. The SMILES string of the molecule is Cc1ccc(NS(=O)(=O)c2cc(C(=O)N(C)Cc3ccccc3)ccc2C)cc1. The number of carbonyl (C=O) groups excluding carboxylic acids is 1. The molecule has 0 bridgehead atoms. The summed E-state index contributed by atoms with van der Waals surface area (Å²) in [5, 5.41) is 0. The van der Waals surface area contributed by atoms with Crippen LogP contribution in [-0.4, -0.2) is 26.3 Å². The van der Waals surface area contributed by atoms with E-state index < -0.39 is 10.0 Å². The molecule has 0 aromatic heterocycles. The van der Waals surface area contributed by atoms with E-state index in [0.717, 1.165) is 11.1 Å². The second-order valence-corrected chi connectivity index (χ2v) is 8.75. The van der Waals surface area contributed by atoms with Crippen molar-refractivity contribution in [3.63, 3.8) is 0 Å². The summed E-state index contributed by atoms with van der Waals surface area (Å²) in [4.78, 5) is 14.5. The summed E-state index contributed by atoms with van der Waals surface area (Å²) in [7, 11) is -2.12. The summed E-state index contributed by atoms with van der Waals surface area (Å²) in [5.41, 5.74) is 3.43. The van der Waals surface area contributed by atoms with Crippen LogP contribution in [0.25, 0.3) is 0 Å². The molecule has 0 saturated carbocycles. The van der Waals surface area contributed by atoms with E-state index in [1.165, 1.54) is 6.07 Å². The molecule has 0 saturated heterocycles. The highest BCUT2D eigenvalue weighted by Gasteiger charge is 2.21. The predicted octanol–water partition coefficient (Wildman–Crippen LogP) is 4.38. The molecule has 0 unspecified atom stereocenters. The normalized spacial score (nSPS) is 11.1. The Morgan fingerprint density at radius 1 is 0.931 bits per heavy atom. The van der Waals surface area contributed by atoms with Gasteiger partial charge in [-0.2, -0.15) is 0 Å². The number of hydrogen-bond donors (Lipinski definition) is 1. The molecular formula is C23H24N2O3S. The monoisotopic (exact) mass is 408 g/mol. The average Bonchev–Trinajstić information content (AvgIpc) is 2.70. The van der Waals surface area contributed by atoms with Crippen LogP contribution in [0.3, 0.4) is 0 Å². The Balaban J connectivity index is 1.85. The third-order valence-corrected chi connectivity index (χ3v) is 6.16. The number of benzene rings is 3. The van der Waals surface area contributed by atoms with Crippen molar-refractivity contribution in [2.75, 3.05) is 11.8 Å². The smallest absolute Gasteiger partial charge is 0.262 e. The molecule has 6 heteroatoms. The molecule has 3 aromatic carbocycles. The lowest BCUT2D eigenvalue weighted by molar-refractivity contribution is 0.0785. The van der Waals surface area contributed by atoms with Crippen LogP contribution in [0.2, 0.25) is 0 Å². The zero-order valence-electron chi connectivity index (χ0n) is 16.7. The fourth-order valence-corrected chi connectivity index (χ4v) is 4.33. The first-order chi connectivity index (χ1) is 13.8. The molecule has 1 N–H and O–H groups in total. The summed E-state index contributed by atoms with van der Waals surface area (Å²) >= 11 is 0. The molecule has 5 nitrogen and oxygen atoms in total. The average molecular weight is 409 g/mol. The number of amides is 1. The maximum Gasteiger partial charge on any atom is 0.262 e. The zero-order valence-corrected chi connectivity index (χ0v) is 17.5. The van der Waals surface area contributed by atoms with Gasteiger partial charge in [-0.15, -0.1) is 0 Å². The number of aryl methyl sites for hydroxylation is 2. The van der Waals surface area contributed by atoms with Gasteiger partial charge >= 0.3 is 0 Å². The van der Waals surface area contributed by atoms with Gasteiger partial charge < -0.3 is 4.90 Å². The summed E-state index contributed by atoms with van der Waals surface area (Å²) in [6, 6.07) is 21.5. The molecule has 0 heterocycles. The lowest BCUT2D eigenvalue weighted by Gasteiger charge is -2.18. The van der Waals surface area contributed by atoms with E-state index in [0.29, 0.717) is 23.4 Å². The molecule has 0 atom stereocenters. The number of rotatable bonds is 6. The topological polar surface area (TPSA) is 66.5 Å². The number of sulfonamides is 1. The Morgan fingerprint density at radius 3 is 2.24 bits per heavy atom. The molecule has 0 aliphatic carbocycles. The predicted molar refractivity (Wildman–Crippen MR) is 115 cm³/mol.